The fourth-order valence-electron chi connectivity index (χ4n) is 2.61. The highest BCUT2D eigenvalue weighted by Crippen LogP contribution is 2.30. The van der Waals surface area contributed by atoms with Crippen molar-refractivity contribution in [2.24, 2.45) is 5.41 Å². The van der Waals surface area contributed by atoms with E-state index in [0.717, 1.165) is 5.56 Å². The van der Waals surface area contributed by atoms with E-state index in [1.807, 2.05) is 19.1 Å². The van der Waals surface area contributed by atoms with Gasteiger partial charge in [-0.2, -0.15) is 0 Å². The number of nitrogens with zero attached hydrogens (tertiary/aromatic N) is 1. The summed E-state index contributed by atoms with van der Waals surface area (Å²) < 4.78 is 0. The van der Waals surface area contributed by atoms with Crippen LogP contribution in [-0.4, -0.2) is 40.8 Å². The lowest BCUT2D eigenvalue weighted by Crippen LogP contribution is -2.34. The number of rotatable bonds is 5. The van der Waals surface area contributed by atoms with Crippen molar-refractivity contribution >= 4 is 17.7 Å². The number of carboxylic acid groups (broad SMARTS) is 1. The number of Topliss-reactive ketones (excluding diaryl/α,β-unsaturated/α-hetero) is 1. The van der Waals surface area contributed by atoms with Gasteiger partial charge in [0, 0.05) is 31.5 Å². The zero-order valence-corrected chi connectivity index (χ0v) is 13.0. The second-order valence-electron chi connectivity index (χ2n) is 6.22. The Morgan fingerprint density at radius 3 is 2.36 bits per heavy atom. The highest BCUT2D eigenvalue weighted by atomic mass is 16.4. The molecule has 0 aromatic heterocycles. The van der Waals surface area contributed by atoms with E-state index in [4.69, 9.17) is 5.11 Å². The molecule has 1 aromatic carbocycles. The van der Waals surface area contributed by atoms with Gasteiger partial charge >= 0.3 is 5.97 Å². The lowest BCUT2D eigenvalue weighted by Gasteiger charge is -2.20. The number of amides is 1. The van der Waals surface area contributed by atoms with Gasteiger partial charge in [-0.1, -0.05) is 29.8 Å². The topological polar surface area (TPSA) is 74.7 Å². The van der Waals surface area contributed by atoms with Gasteiger partial charge in [-0.25, -0.2) is 0 Å². The van der Waals surface area contributed by atoms with Crippen LogP contribution in [0, 0.1) is 12.3 Å². The standard InChI is InChI=1S/C17H21NO4/c1-12-3-5-13(6-4-12)14(19)7-8-15(20)18-10-9-17(2,11-18)16(21)22/h3-6H,7-11H2,1-2H3,(H,21,22). The fourth-order valence-corrected chi connectivity index (χ4v) is 2.61. The number of carbonyl (C=O) groups excluding carboxylic acids is 2. The normalized spacial score (nSPS) is 20.9. The quantitative estimate of drug-likeness (QED) is 0.847. The molecule has 5 heteroatoms. The molecule has 2 rings (SSSR count). The molecule has 5 nitrogen and oxygen atoms in total. The van der Waals surface area contributed by atoms with Gasteiger partial charge in [0.25, 0.3) is 0 Å². The summed E-state index contributed by atoms with van der Waals surface area (Å²) in [6.45, 7) is 4.27. The largest absolute Gasteiger partial charge is 0.481 e. The first-order chi connectivity index (χ1) is 10.3. The van der Waals surface area contributed by atoms with E-state index >= 15 is 0 Å². The average Bonchev–Trinajstić information content (AvgIpc) is 2.89. The third-order valence-electron chi connectivity index (χ3n) is 4.28. The van der Waals surface area contributed by atoms with Crippen molar-refractivity contribution in [2.45, 2.75) is 33.1 Å². The van der Waals surface area contributed by atoms with E-state index in [1.165, 1.54) is 0 Å². The summed E-state index contributed by atoms with van der Waals surface area (Å²) in [6, 6.07) is 7.26. The van der Waals surface area contributed by atoms with Crippen LogP contribution in [0.2, 0.25) is 0 Å². The molecule has 1 aliphatic heterocycles. The number of carbonyl (C=O) groups is 3. The number of likely N-dealkylation sites (tertiary alicyclic amines) is 1. The average molecular weight is 303 g/mol. The number of carboxylic acids is 1. The minimum absolute atomic E-state index is 0.0615. The third kappa shape index (κ3) is 3.53. The summed E-state index contributed by atoms with van der Waals surface area (Å²) in [5.41, 5.74) is 0.823. The monoisotopic (exact) mass is 303 g/mol. The van der Waals surface area contributed by atoms with Crippen molar-refractivity contribution in [1.82, 2.24) is 4.90 Å². The second kappa shape index (κ2) is 6.30. The lowest BCUT2D eigenvalue weighted by atomic mass is 9.90. The molecule has 1 aromatic rings. The molecule has 0 radical (unpaired) electrons. The Morgan fingerprint density at radius 1 is 1.18 bits per heavy atom. The van der Waals surface area contributed by atoms with Crippen molar-refractivity contribution in [1.29, 1.82) is 0 Å². The number of aliphatic carboxylic acids is 1. The molecule has 1 aliphatic rings. The molecule has 1 atom stereocenters. The van der Waals surface area contributed by atoms with Crippen molar-refractivity contribution in [2.75, 3.05) is 13.1 Å². The van der Waals surface area contributed by atoms with E-state index in [1.54, 1.807) is 24.0 Å². The Bertz CT molecular complexity index is 593. The van der Waals surface area contributed by atoms with Crippen LogP contribution in [0.1, 0.15) is 42.1 Å². The van der Waals surface area contributed by atoms with Crippen molar-refractivity contribution in [3.63, 3.8) is 0 Å². The molecular formula is C17H21NO4. The molecule has 1 amide bonds. The van der Waals surface area contributed by atoms with Gasteiger partial charge in [-0.15, -0.1) is 0 Å². The maximum atomic E-state index is 12.1. The predicted octanol–water partition coefficient (Wildman–Crippen LogP) is 2.28. The smallest absolute Gasteiger partial charge is 0.311 e. The Balaban J connectivity index is 1.87. The summed E-state index contributed by atoms with van der Waals surface area (Å²) in [6.07, 6.45) is 0.741. The van der Waals surface area contributed by atoms with Crippen LogP contribution in [0.5, 0.6) is 0 Å². The van der Waals surface area contributed by atoms with E-state index in [2.05, 4.69) is 0 Å². The SMILES string of the molecule is Cc1ccc(C(=O)CCC(=O)N2CCC(C)(C(=O)O)C2)cc1. The van der Waals surface area contributed by atoms with Gasteiger partial charge in [-0.05, 0) is 20.3 Å². The van der Waals surface area contributed by atoms with Crippen LogP contribution < -0.4 is 0 Å². The maximum Gasteiger partial charge on any atom is 0.311 e. The first kappa shape index (κ1) is 16.2. The van der Waals surface area contributed by atoms with Gasteiger partial charge in [-0.3, -0.25) is 14.4 Å². The summed E-state index contributed by atoms with van der Waals surface area (Å²) in [4.78, 5) is 36.9. The molecule has 0 bridgehead atoms. The van der Waals surface area contributed by atoms with E-state index in [-0.39, 0.29) is 31.1 Å². The Kier molecular flexibility index (Phi) is 4.64. The van der Waals surface area contributed by atoms with Gasteiger partial charge < -0.3 is 10.0 Å². The molecule has 1 heterocycles. The lowest BCUT2D eigenvalue weighted by molar-refractivity contribution is -0.147. The van der Waals surface area contributed by atoms with Crippen molar-refractivity contribution in [3.05, 3.63) is 35.4 Å². The second-order valence-corrected chi connectivity index (χ2v) is 6.22. The highest BCUT2D eigenvalue weighted by molar-refractivity contribution is 5.98. The first-order valence-electron chi connectivity index (χ1n) is 7.43. The van der Waals surface area contributed by atoms with E-state index < -0.39 is 11.4 Å². The molecule has 1 saturated heterocycles. The van der Waals surface area contributed by atoms with Gasteiger partial charge in [0.1, 0.15) is 0 Å². The molecular weight excluding hydrogens is 282 g/mol. The zero-order chi connectivity index (χ0) is 16.3. The molecule has 0 saturated carbocycles. The molecule has 1 N–H and O–H groups in total. The zero-order valence-electron chi connectivity index (χ0n) is 13.0. The summed E-state index contributed by atoms with van der Waals surface area (Å²) in [7, 11) is 0. The first-order valence-corrected chi connectivity index (χ1v) is 7.43. The fraction of sp³-hybridized carbons (Fsp3) is 0.471. The predicted molar refractivity (Wildman–Crippen MR) is 81.7 cm³/mol. The van der Waals surface area contributed by atoms with Gasteiger partial charge in [0.15, 0.2) is 5.78 Å². The maximum absolute atomic E-state index is 12.1. The summed E-state index contributed by atoms with van der Waals surface area (Å²) in [5, 5.41) is 9.17. The van der Waals surface area contributed by atoms with Crippen LogP contribution in [0.25, 0.3) is 0 Å². The van der Waals surface area contributed by atoms with E-state index in [0.29, 0.717) is 18.5 Å². The third-order valence-corrected chi connectivity index (χ3v) is 4.28. The van der Waals surface area contributed by atoms with Crippen LogP contribution in [0.4, 0.5) is 0 Å². The van der Waals surface area contributed by atoms with Gasteiger partial charge in [0.2, 0.25) is 5.91 Å². The minimum atomic E-state index is -0.876. The number of hydrogen-bond donors (Lipinski definition) is 1. The van der Waals surface area contributed by atoms with Gasteiger partial charge in [0.05, 0.1) is 5.41 Å². The summed E-state index contributed by atoms with van der Waals surface area (Å²) in [5.74, 6) is -1.09. The summed E-state index contributed by atoms with van der Waals surface area (Å²) >= 11 is 0. The number of aryl methyl sites for hydroxylation is 1. The van der Waals surface area contributed by atoms with Crippen molar-refractivity contribution in [3.8, 4) is 0 Å². The Hall–Kier alpha value is -2.17. The Labute approximate surface area is 129 Å². The molecule has 118 valence electrons. The molecule has 0 aliphatic carbocycles. The van der Waals surface area contributed by atoms with E-state index in [9.17, 15) is 14.4 Å². The van der Waals surface area contributed by atoms with Crippen LogP contribution in [0.15, 0.2) is 24.3 Å². The highest BCUT2D eigenvalue weighted by Gasteiger charge is 2.41. The number of benzene rings is 1. The number of ketones is 1. The molecule has 22 heavy (non-hydrogen) atoms. The van der Waals surface area contributed by atoms with Crippen LogP contribution in [0.3, 0.4) is 0 Å². The van der Waals surface area contributed by atoms with Crippen LogP contribution in [-0.2, 0) is 9.59 Å². The Morgan fingerprint density at radius 2 is 1.82 bits per heavy atom. The van der Waals surface area contributed by atoms with Crippen molar-refractivity contribution < 1.29 is 19.5 Å². The minimum Gasteiger partial charge on any atom is -0.481 e. The molecule has 1 unspecified atom stereocenters. The molecule has 0 spiro atoms. The van der Waals surface area contributed by atoms with Crippen LogP contribution >= 0.6 is 0 Å². The number of hydrogen-bond acceptors (Lipinski definition) is 3. The molecule has 1 fully saturated rings.